The minimum absolute atomic E-state index is 0. The molecular weight excluding hydrogens is 284 g/mol. The van der Waals surface area contributed by atoms with Crippen molar-refractivity contribution in [3.8, 4) is 0 Å². The molecule has 116 valence electrons. The summed E-state index contributed by atoms with van der Waals surface area (Å²) >= 11 is 0. The monoisotopic (exact) mass is 306 g/mol. The molecule has 2 aliphatic heterocycles. The second-order valence-electron chi connectivity index (χ2n) is 4.86. The van der Waals surface area contributed by atoms with Crippen LogP contribution >= 0.6 is 12.4 Å². The summed E-state index contributed by atoms with van der Waals surface area (Å²) in [6, 6.07) is -0.209. The molecule has 0 aromatic rings. The van der Waals surface area contributed by atoms with Crippen molar-refractivity contribution in [3.63, 3.8) is 0 Å². The number of hydrogen-bond acceptors (Lipinski definition) is 5. The zero-order chi connectivity index (χ0) is 13.7. The number of ether oxygens (including phenoxy) is 1. The number of likely N-dealkylation sites (N-methyl/N-ethyl adjacent to an activating group) is 1. The molecule has 2 N–H and O–H groups in total. The van der Waals surface area contributed by atoms with Crippen molar-refractivity contribution in [2.75, 3.05) is 59.5 Å². The first kappa shape index (κ1) is 17.2. The van der Waals surface area contributed by atoms with Crippen LogP contribution in [0.15, 0.2) is 0 Å². The fraction of sp³-hybridized carbons (Fsp3) is 0.833. The lowest BCUT2D eigenvalue weighted by Crippen LogP contribution is -2.57. The molecule has 2 amide bonds. The number of nitrogens with one attached hydrogen (secondary N) is 2. The van der Waals surface area contributed by atoms with Crippen molar-refractivity contribution in [2.24, 2.45) is 0 Å². The van der Waals surface area contributed by atoms with Crippen LogP contribution in [0.5, 0.6) is 0 Å². The van der Waals surface area contributed by atoms with Crippen LogP contribution in [0, 0.1) is 0 Å². The van der Waals surface area contributed by atoms with Gasteiger partial charge >= 0.3 is 0 Å². The van der Waals surface area contributed by atoms with Crippen LogP contribution < -0.4 is 10.6 Å². The van der Waals surface area contributed by atoms with Gasteiger partial charge < -0.3 is 20.3 Å². The number of amides is 2. The quantitative estimate of drug-likeness (QED) is 0.649. The average molecular weight is 307 g/mol. The largest absolute Gasteiger partial charge is 0.378 e. The summed E-state index contributed by atoms with van der Waals surface area (Å²) in [5.74, 6) is 0.126. The number of carbonyl (C=O) groups excluding carboxylic acids is 2. The van der Waals surface area contributed by atoms with Gasteiger partial charge in [0, 0.05) is 39.8 Å². The maximum absolute atomic E-state index is 12.2. The summed E-state index contributed by atoms with van der Waals surface area (Å²) in [7, 11) is 1.64. The summed E-state index contributed by atoms with van der Waals surface area (Å²) in [5, 5.41) is 5.79. The van der Waals surface area contributed by atoms with Crippen LogP contribution in [0.4, 0.5) is 0 Å². The van der Waals surface area contributed by atoms with Crippen molar-refractivity contribution in [3.05, 3.63) is 0 Å². The molecule has 8 heteroatoms. The third-order valence-corrected chi connectivity index (χ3v) is 3.55. The standard InChI is InChI=1S/C12H22N4O3.ClH/c1-13-11(17)8-15-3-5-16(6-4-15)12(18)10-9-19-7-2-14-10;/h10,14H,2-9H2,1H3,(H,13,17);1H. The van der Waals surface area contributed by atoms with Crippen LogP contribution in [0.3, 0.4) is 0 Å². The van der Waals surface area contributed by atoms with Gasteiger partial charge in [-0.3, -0.25) is 14.5 Å². The first-order chi connectivity index (χ1) is 9.20. The molecule has 2 aliphatic rings. The second-order valence-corrected chi connectivity index (χ2v) is 4.86. The Morgan fingerprint density at radius 1 is 1.30 bits per heavy atom. The normalized spacial score (nSPS) is 23.9. The highest BCUT2D eigenvalue weighted by atomic mass is 35.5. The highest BCUT2D eigenvalue weighted by molar-refractivity contribution is 5.85. The molecule has 7 nitrogen and oxygen atoms in total. The fourth-order valence-electron chi connectivity index (χ4n) is 2.35. The fourth-order valence-corrected chi connectivity index (χ4v) is 2.35. The van der Waals surface area contributed by atoms with E-state index in [-0.39, 0.29) is 30.3 Å². The van der Waals surface area contributed by atoms with Gasteiger partial charge in [-0.2, -0.15) is 0 Å². The first-order valence-electron chi connectivity index (χ1n) is 6.73. The van der Waals surface area contributed by atoms with Gasteiger partial charge in [-0.25, -0.2) is 0 Å². The van der Waals surface area contributed by atoms with Crippen LogP contribution in [-0.4, -0.2) is 87.2 Å². The first-order valence-corrected chi connectivity index (χ1v) is 6.73. The Kier molecular flexibility index (Phi) is 7.22. The van der Waals surface area contributed by atoms with E-state index < -0.39 is 0 Å². The van der Waals surface area contributed by atoms with Crippen molar-refractivity contribution >= 4 is 24.2 Å². The summed E-state index contributed by atoms with van der Waals surface area (Å²) in [6.45, 7) is 5.10. The minimum atomic E-state index is -0.209. The van der Waals surface area contributed by atoms with Crippen LogP contribution in [0.2, 0.25) is 0 Å². The number of nitrogens with zero attached hydrogens (tertiary/aromatic N) is 2. The molecule has 2 rings (SSSR count). The summed E-state index contributed by atoms with van der Waals surface area (Å²) in [5.41, 5.74) is 0. The highest BCUT2D eigenvalue weighted by Gasteiger charge is 2.28. The van der Waals surface area contributed by atoms with E-state index in [0.717, 1.165) is 19.6 Å². The maximum atomic E-state index is 12.2. The predicted octanol–water partition coefficient (Wildman–Crippen LogP) is -1.71. The molecular formula is C12H23ClN4O3. The number of morpholine rings is 1. The average Bonchev–Trinajstić information content (AvgIpc) is 2.48. The molecule has 1 atom stereocenters. The van der Waals surface area contributed by atoms with Gasteiger partial charge in [-0.1, -0.05) is 0 Å². The van der Waals surface area contributed by atoms with Gasteiger partial charge in [-0.05, 0) is 0 Å². The van der Waals surface area contributed by atoms with Gasteiger partial charge in [0.25, 0.3) is 0 Å². The molecule has 0 spiro atoms. The van der Waals surface area contributed by atoms with Crippen LogP contribution in [-0.2, 0) is 14.3 Å². The van der Waals surface area contributed by atoms with Crippen molar-refractivity contribution in [1.82, 2.24) is 20.4 Å². The number of rotatable bonds is 3. The number of hydrogen-bond donors (Lipinski definition) is 2. The number of piperazine rings is 1. The van der Waals surface area contributed by atoms with Gasteiger partial charge in [0.15, 0.2) is 0 Å². The Morgan fingerprint density at radius 3 is 2.55 bits per heavy atom. The lowest BCUT2D eigenvalue weighted by molar-refractivity contribution is -0.138. The molecule has 2 heterocycles. The van der Waals surface area contributed by atoms with E-state index in [9.17, 15) is 9.59 Å². The SMILES string of the molecule is CNC(=O)CN1CCN(C(=O)C2COCCN2)CC1.Cl. The molecule has 0 aromatic carbocycles. The molecule has 0 aromatic heterocycles. The molecule has 1 unspecified atom stereocenters. The van der Waals surface area contributed by atoms with E-state index in [1.165, 1.54) is 0 Å². The van der Waals surface area contributed by atoms with E-state index >= 15 is 0 Å². The van der Waals surface area contributed by atoms with E-state index in [4.69, 9.17) is 4.74 Å². The van der Waals surface area contributed by atoms with Gasteiger partial charge in [0.1, 0.15) is 6.04 Å². The Labute approximate surface area is 125 Å². The lowest BCUT2D eigenvalue weighted by Gasteiger charge is -2.36. The van der Waals surface area contributed by atoms with Crippen molar-refractivity contribution in [2.45, 2.75) is 6.04 Å². The third-order valence-electron chi connectivity index (χ3n) is 3.55. The smallest absolute Gasteiger partial charge is 0.242 e. The molecule has 2 saturated heterocycles. The molecule has 0 aliphatic carbocycles. The van der Waals surface area contributed by atoms with Gasteiger partial charge in [-0.15, -0.1) is 12.4 Å². The molecule has 0 bridgehead atoms. The van der Waals surface area contributed by atoms with E-state index in [1.54, 1.807) is 7.05 Å². The molecule has 20 heavy (non-hydrogen) atoms. The van der Waals surface area contributed by atoms with E-state index in [0.29, 0.717) is 32.8 Å². The second kappa shape index (κ2) is 8.41. The Morgan fingerprint density at radius 2 is 2.00 bits per heavy atom. The topological polar surface area (TPSA) is 73.9 Å². The summed E-state index contributed by atoms with van der Waals surface area (Å²) in [4.78, 5) is 27.4. The lowest BCUT2D eigenvalue weighted by atomic mass is 10.2. The molecule has 0 radical (unpaired) electrons. The molecule has 0 saturated carbocycles. The summed E-state index contributed by atoms with van der Waals surface area (Å²) < 4.78 is 5.31. The van der Waals surface area contributed by atoms with E-state index in [1.807, 2.05) is 4.90 Å². The van der Waals surface area contributed by atoms with Gasteiger partial charge in [0.05, 0.1) is 19.8 Å². The summed E-state index contributed by atoms with van der Waals surface area (Å²) in [6.07, 6.45) is 0. The van der Waals surface area contributed by atoms with Crippen LogP contribution in [0.1, 0.15) is 0 Å². The number of carbonyl (C=O) groups is 2. The van der Waals surface area contributed by atoms with Crippen molar-refractivity contribution < 1.29 is 14.3 Å². The molecule has 2 fully saturated rings. The zero-order valence-electron chi connectivity index (χ0n) is 11.8. The Hall–Kier alpha value is -0.890. The van der Waals surface area contributed by atoms with E-state index in [2.05, 4.69) is 15.5 Å². The third kappa shape index (κ3) is 4.59. The zero-order valence-corrected chi connectivity index (χ0v) is 12.6. The Bertz CT molecular complexity index is 329. The van der Waals surface area contributed by atoms with Crippen LogP contribution in [0.25, 0.3) is 0 Å². The maximum Gasteiger partial charge on any atom is 0.242 e. The van der Waals surface area contributed by atoms with Gasteiger partial charge in [0.2, 0.25) is 11.8 Å². The minimum Gasteiger partial charge on any atom is -0.378 e. The van der Waals surface area contributed by atoms with Crippen molar-refractivity contribution in [1.29, 1.82) is 0 Å². The Balaban J connectivity index is 0.00000200. The number of halogens is 1. The predicted molar refractivity (Wildman–Crippen MR) is 76.9 cm³/mol. The highest BCUT2D eigenvalue weighted by Crippen LogP contribution is 2.05.